The molecule has 1 amide bonds. The number of rotatable bonds is 6. The van der Waals surface area contributed by atoms with Gasteiger partial charge in [-0.2, -0.15) is 0 Å². The van der Waals surface area contributed by atoms with Gasteiger partial charge in [0.25, 0.3) is 0 Å². The van der Waals surface area contributed by atoms with Crippen molar-refractivity contribution in [2.75, 3.05) is 0 Å². The highest BCUT2D eigenvalue weighted by Crippen LogP contribution is 2.30. The van der Waals surface area contributed by atoms with Gasteiger partial charge in [0.1, 0.15) is 12.7 Å². The van der Waals surface area contributed by atoms with Gasteiger partial charge < -0.3 is 9.47 Å². The molecule has 0 atom stereocenters. The topological polar surface area (TPSA) is 51.0 Å². The molecule has 0 bridgehead atoms. The molecule has 0 unspecified atom stereocenters. The van der Waals surface area contributed by atoms with Gasteiger partial charge >= 0.3 is 0 Å². The molecule has 0 saturated heterocycles. The van der Waals surface area contributed by atoms with Crippen molar-refractivity contribution in [2.24, 2.45) is 0 Å². The molecule has 0 radical (unpaired) electrons. The predicted molar refractivity (Wildman–Crippen MR) is 77.3 cm³/mol. The lowest BCUT2D eigenvalue weighted by atomic mass is 10.3. The van der Waals surface area contributed by atoms with Gasteiger partial charge in [-0.05, 0) is 31.9 Å². The van der Waals surface area contributed by atoms with Gasteiger partial charge in [0.15, 0.2) is 0 Å². The summed E-state index contributed by atoms with van der Waals surface area (Å²) in [5.74, 6) is 0.229. The van der Waals surface area contributed by atoms with Gasteiger partial charge in [-0.15, -0.1) is 21.5 Å². The smallest absolute Gasteiger partial charge is 0.224 e. The number of thiophene rings is 1. The van der Waals surface area contributed by atoms with E-state index in [-0.39, 0.29) is 5.91 Å². The third kappa shape index (κ3) is 3.25. The summed E-state index contributed by atoms with van der Waals surface area (Å²) in [4.78, 5) is 17.0. The Morgan fingerprint density at radius 2 is 2.15 bits per heavy atom. The fraction of sp³-hybridized carbons (Fsp3) is 0.500. The molecule has 1 aliphatic rings. The molecule has 1 saturated carbocycles. The van der Waals surface area contributed by atoms with Gasteiger partial charge in [0.2, 0.25) is 5.91 Å². The van der Waals surface area contributed by atoms with Crippen LogP contribution in [0.5, 0.6) is 0 Å². The molecule has 20 heavy (non-hydrogen) atoms. The molecule has 5 nitrogen and oxygen atoms in total. The van der Waals surface area contributed by atoms with E-state index in [2.05, 4.69) is 29.3 Å². The van der Waals surface area contributed by atoms with Gasteiger partial charge in [0, 0.05) is 28.8 Å². The van der Waals surface area contributed by atoms with Crippen LogP contribution in [0.25, 0.3) is 0 Å². The van der Waals surface area contributed by atoms with Crippen molar-refractivity contribution in [2.45, 2.75) is 45.3 Å². The molecular formula is C14H18N4OS. The summed E-state index contributed by atoms with van der Waals surface area (Å²) in [6.45, 7) is 3.51. The zero-order valence-electron chi connectivity index (χ0n) is 11.5. The Balaban J connectivity index is 1.59. The number of carbonyl (C=O) groups excluding carboxylic acids is 1. The van der Waals surface area contributed by atoms with Crippen LogP contribution < -0.4 is 0 Å². The van der Waals surface area contributed by atoms with Gasteiger partial charge in [0.05, 0.1) is 6.54 Å². The third-order valence-corrected chi connectivity index (χ3v) is 4.47. The normalized spacial score (nSPS) is 14.4. The lowest BCUT2D eigenvalue weighted by Gasteiger charge is -2.21. The Bertz CT molecular complexity index is 574. The van der Waals surface area contributed by atoms with Crippen molar-refractivity contribution < 1.29 is 4.79 Å². The average Bonchev–Trinajstić information content (AvgIpc) is 2.97. The zero-order chi connectivity index (χ0) is 13.9. The lowest BCUT2D eigenvalue weighted by Crippen LogP contribution is -2.32. The van der Waals surface area contributed by atoms with Crippen LogP contribution in [-0.2, 0) is 17.9 Å². The summed E-state index contributed by atoms with van der Waals surface area (Å²) >= 11 is 1.78. The number of hydrogen-bond donors (Lipinski definition) is 0. The van der Waals surface area contributed by atoms with Crippen molar-refractivity contribution in [3.8, 4) is 0 Å². The molecule has 2 aromatic rings. The van der Waals surface area contributed by atoms with Crippen molar-refractivity contribution in [3.05, 3.63) is 34.5 Å². The first-order chi connectivity index (χ1) is 9.72. The summed E-state index contributed by atoms with van der Waals surface area (Å²) in [5, 5.41) is 7.51. The second-order valence-corrected chi connectivity index (χ2v) is 6.59. The minimum absolute atomic E-state index is 0.229. The van der Waals surface area contributed by atoms with Gasteiger partial charge in [-0.1, -0.05) is 0 Å². The molecule has 0 N–H and O–H groups in total. The number of aromatic nitrogens is 3. The fourth-order valence-corrected chi connectivity index (χ4v) is 3.14. The summed E-state index contributed by atoms with van der Waals surface area (Å²) in [7, 11) is 0. The number of carbonyl (C=O) groups is 1. The minimum atomic E-state index is 0.229. The first kappa shape index (κ1) is 13.3. The minimum Gasteiger partial charge on any atom is -0.335 e. The summed E-state index contributed by atoms with van der Waals surface area (Å²) < 4.78 is 1.85. The second kappa shape index (κ2) is 5.75. The number of amides is 1. The van der Waals surface area contributed by atoms with Gasteiger partial charge in [-0.25, -0.2) is 0 Å². The maximum atomic E-state index is 12.4. The number of hydrogen-bond acceptors (Lipinski definition) is 4. The van der Waals surface area contributed by atoms with Crippen LogP contribution in [0.1, 0.15) is 29.0 Å². The molecule has 3 rings (SSSR count). The first-order valence-electron chi connectivity index (χ1n) is 6.89. The van der Waals surface area contributed by atoms with Crippen LogP contribution in [0.4, 0.5) is 0 Å². The maximum absolute atomic E-state index is 12.4. The van der Waals surface area contributed by atoms with Crippen LogP contribution in [0, 0.1) is 6.92 Å². The first-order valence-corrected chi connectivity index (χ1v) is 7.71. The zero-order valence-corrected chi connectivity index (χ0v) is 12.3. The Morgan fingerprint density at radius 1 is 1.40 bits per heavy atom. The molecular weight excluding hydrogens is 272 g/mol. The van der Waals surface area contributed by atoms with Crippen LogP contribution in [0.2, 0.25) is 0 Å². The quantitative estimate of drug-likeness (QED) is 0.819. The van der Waals surface area contributed by atoms with Crippen molar-refractivity contribution in [1.82, 2.24) is 19.7 Å². The number of aryl methyl sites for hydroxylation is 2. The average molecular weight is 290 g/mol. The monoisotopic (exact) mass is 290 g/mol. The molecule has 0 spiro atoms. The van der Waals surface area contributed by atoms with Crippen LogP contribution in [0.3, 0.4) is 0 Å². The van der Waals surface area contributed by atoms with Crippen LogP contribution >= 0.6 is 11.3 Å². The Labute approximate surface area is 122 Å². The molecule has 106 valence electrons. The molecule has 1 aliphatic carbocycles. The Kier molecular flexibility index (Phi) is 3.82. The predicted octanol–water partition coefficient (Wildman–Crippen LogP) is 2.23. The fourth-order valence-electron chi connectivity index (χ4n) is 2.25. The van der Waals surface area contributed by atoms with Crippen LogP contribution in [-0.4, -0.2) is 31.6 Å². The molecule has 2 heterocycles. The summed E-state index contributed by atoms with van der Waals surface area (Å²) in [6, 6.07) is 4.70. The van der Waals surface area contributed by atoms with E-state index in [1.165, 1.54) is 9.75 Å². The summed E-state index contributed by atoms with van der Waals surface area (Å²) in [6.07, 6.45) is 6.10. The molecule has 0 aromatic carbocycles. The van der Waals surface area contributed by atoms with Gasteiger partial charge in [-0.3, -0.25) is 4.79 Å². The SMILES string of the molecule is Cc1ccc(CN(C(=O)CCn2cnnc2)C2CC2)s1. The highest BCUT2D eigenvalue weighted by atomic mass is 32.1. The van der Waals surface area contributed by atoms with E-state index in [1.54, 1.807) is 24.0 Å². The van der Waals surface area contributed by atoms with Crippen LogP contribution in [0.15, 0.2) is 24.8 Å². The van der Waals surface area contributed by atoms with E-state index in [0.717, 1.165) is 19.4 Å². The summed E-state index contributed by atoms with van der Waals surface area (Å²) in [5.41, 5.74) is 0. The van der Waals surface area contributed by atoms with E-state index in [0.29, 0.717) is 19.0 Å². The van der Waals surface area contributed by atoms with Crippen molar-refractivity contribution in [1.29, 1.82) is 0 Å². The molecule has 2 aromatic heterocycles. The maximum Gasteiger partial charge on any atom is 0.224 e. The van der Waals surface area contributed by atoms with E-state index < -0.39 is 0 Å². The van der Waals surface area contributed by atoms with E-state index in [1.807, 2.05) is 9.47 Å². The highest BCUT2D eigenvalue weighted by Gasteiger charge is 2.32. The molecule has 6 heteroatoms. The Morgan fingerprint density at radius 3 is 2.75 bits per heavy atom. The highest BCUT2D eigenvalue weighted by molar-refractivity contribution is 7.11. The molecule has 0 aliphatic heterocycles. The van der Waals surface area contributed by atoms with Crippen molar-refractivity contribution in [3.63, 3.8) is 0 Å². The standard InChI is InChI=1S/C14H18N4OS/c1-11-2-5-13(20-11)8-18(12-3-4-12)14(19)6-7-17-9-15-16-10-17/h2,5,9-10,12H,3-4,6-8H2,1H3. The third-order valence-electron chi connectivity index (χ3n) is 3.48. The second-order valence-electron chi connectivity index (χ2n) is 5.21. The molecule has 1 fully saturated rings. The van der Waals surface area contributed by atoms with Crippen molar-refractivity contribution >= 4 is 17.2 Å². The van der Waals surface area contributed by atoms with E-state index >= 15 is 0 Å². The largest absolute Gasteiger partial charge is 0.335 e. The lowest BCUT2D eigenvalue weighted by molar-refractivity contribution is -0.132. The van der Waals surface area contributed by atoms with E-state index in [9.17, 15) is 4.79 Å². The number of nitrogens with zero attached hydrogens (tertiary/aromatic N) is 4. The Hall–Kier alpha value is -1.69. The van der Waals surface area contributed by atoms with E-state index in [4.69, 9.17) is 0 Å².